The molecule has 152 valence electrons. The predicted molar refractivity (Wildman–Crippen MR) is 104 cm³/mol. The van der Waals surface area contributed by atoms with E-state index in [1.54, 1.807) is 12.1 Å². The van der Waals surface area contributed by atoms with Crippen LogP contribution in [0.15, 0.2) is 53.5 Å². The normalized spacial score (nSPS) is 16.0. The van der Waals surface area contributed by atoms with Crippen molar-refractivity contribution in [2.24, 2.45) is 0 Å². The van der Waals surface area contributed by atoms with Crippen molar-refractivity contribution in [2.75, 3.05) is 19.5 Å². The molecule has 11 heteroatoms. The number of nitrogens with zero attached hydrogens (tertiary/aromatic N) is 2. The lowest BCUT2D eigenvalue weighted by molar-refractivity contribution is -0.0171. The molecule has 28 heavy (non-hydrogen) atoms. The molecule has 1 aromatic heterocycles. The highest BCUT2D eigenvalue weighted by Gasteiger charge is 2.24. The molecule has 10 nitrogen and oxygen atoms in total. The molecule has 0 aliphatic carbocycles. The number of anilines is 1. The predicted octanol–water partition coefficient (Wildman–Crippen LogP) is 0.579. The van der Waals surface area contributed by atoms with Crippen LogP contribution in [0.3, 0.4) is 0 Å². The molecule has 1 heterocycles. The van der Waals surface area contributed by atoms with E-state index in [0.717, 1.165) is 10.1 Å². The van der Waals surface area contributed by atoms with Gasteiger partial charge in [0, 0.05) is 26.1 Å². The molecule has 2 unspecified atom stereocenters. The molecular weight excluding hydrogens is 387 g/mol. The minimum Gasteiger partial charge on any atom is -0.386 e. The smallest absolute Gasteiger partial charge is 0.386 e. The third-order valence-corrected chi connectivity index (χ3v) is 4.78. The number of aromatic nitrogens is 2. The van der Waals surface area contributed by atoms with E-state index < -0.39 is 25.6 Å². The number of nitrogen functional groups attached to an aromatic ring is 1. The summed E-state index contributed by atoms with van der Waals surface area (Å²) in [6.07, 6.45) is 1.81. The minimum absolute atomic E-state index is 0.0834. The van der Waals surface area contributed by atoms with Crippen molar-refractivity contribution in [3.8, 4) is 0 Å². The first kappa shape index (κ1) is 22.0. The summed E-state index contributed by atoms with van der Waals surface area (Å²) >= 11 is 0. The highest BCUT2D eigenvalue weighted by molar-refractivity contribution is 7.50. The van der Waals surface area contributed by atoms with E-state index >= 15 is 0 Å². The molecule has 0 bridgehead atoms. The van der Waals surface area contributed by atoms with Gasteiger partial charge in [-0.25, -0.2) is 14.4 Å². The lowest BCUT2D eigenvalue weighted by atomic mass is 10.2. The number of benzene rings is 1. The van der Waals surface area contributed by atoms with Gasteiger partial charge in [0.2, 0.25) is 0 Å². The van der Waals surface area contributed by atoms with Crippen LogP contribution in [0.25, 0.3) is 6.20 Å². The van der Waals surface area contributed by atoms with Gasteiger partial charge in [-0.3, -0.25) is 9.09 Å². The monoisotopic (exact) mass is 410 g/mol. The maximum Gasteiger partial charge on any atom is 0.403 e. The van der Waals surface area contributed by atoms with E-state index in [9.17, 15) is 19.4 Å². The van der Waals surface area contributed by atoms with Gasteiger partial charge < -0.3 is 20.5 Å². The molecule has 0 saturated heterocycles. The molecule has 3 atom stereocenters. The van der Waals surface area contributed by atoms with Crippen molar-refractivity contribution in [3.63, 3.8) is 0 Å². The second kappa shape index (κ2) is 10.3. The molecule has 0 radical (unpaired) electrons. The van der Waals surface area contributed by atoms with Gasteiger partial charge in [0.05, 0.1) is 6.61 Å². The number of hydrogen-bond donors (Lipinski definition) is 4. The minimum atomic E-state index is -4.10. The highest BCUT2D eigenvalue weighted by atomic mass is 31.2. The van der Waals surface area contributed by atoms with E-state index in [4.69, 9.17) is 15.0 Å². The zero-order valence-electron chi connectivity index (χ0n) is 15.2. The van der Waals surface area contributed by atoms with E-state index in [1.807, 2.05) is 18.2 Å². The number of nitrogens with two attached hydrogens (primary N) is 1. The number of methoxy groups -OCH3 is 1. The molecule has 0 spiro atoms. The fourth-order valence-corrected chi connectivity index (χ4v) is 2.98. The topological polar surface area (TPSA) is 149 Å². The summed E-state index contributed by atoms with van der Waals surface area (Å²) in [5.41, 5.74) is 5.61. The van der Waals surface area contributed by atoms with Crippen molar-refractivity contribution in [1.29, 1.82) is 0 Å². The Kier molecular flexibility index (Phi) is 8.06. The molecule has 0 fully saturated rings. The number of hydrogen-bond acceptors (Lipinski definition) is 7. The van der Waals surface area contributed by atoms with E-state index in [0.29, 0.717) is 0 Å². The SMILES string of the molecule is COC(COP(=O)(O)NCc1ccccc1)[C@H](O)/C=C/n1ccc(N)nc1=O. The molecule has 1 aromatic carbocycles. The van der Waals surface area contributed by atoms with Gasteiger partial charge in [-0.1, -0.05) is 30.3 Å². The third-order valence-electron chi connectivity index (χ3n) is 3.72. The van der Waals surface area contributed by atoms with Crippen LogP contribution in [0.1, 0.15) is 5.56 Å². The Morgan fingerprint density at radius 1 is 1.36 bits per heavy atom. The molecule has 0 saturated carbocycles. The third kappa shape index (κ3) is 7.01. The van der Waals surface area contributed by atoms with E-state index in [1.165, 1.54) is 31.6 Å². The van der Waals surface area contributed by atoms with Gasteiger partial charge in [-0.15, -0.1) is 0 Å². The Morgan fingerprint density at radius 2 is 2.07 bits per heavy atom. The van der Waals surface area contributed by atoms with Crippen molar-refractivity contribution in [2.45, 2.75) is 18.8 Å². The standard InChI is InChI=1S/C17H23N4O6P/c1-26-15(14(22)7-9-21-10-8-16(18)20-17(21)23)12-27-28(24,25)19-11-13-5-3-2-4-6-13/h2-10,14-15,22H,11-12H2,1H3,(H2,18,20,23)(H2,19,24,25)/b9-7+/t14-,15?/m1/s1. The zero-order valence-corrected chi connectivity index (χ0v) is 16.1. The Bertz CT molecular complexity index is 889. The number of ether oxygens (including phenoxy) is 1. The Balaban J connectivity index is 1.90. The molecule has 5 N–H and O–H groups in total. The first-order valence-corrected chi connectivity index (χ1v) is 9.89. The highest BCUT2D eigenvalue weighted by Crippen LogP contribution is 2.37. The van der Waals surface area contributed by atoms with Gasteiger partial charge in [0.25, 0.3) is 0 Å². The first-order valence-electron chi connectivity index (χ1n) is 8.31. The van der Waals surface area contributed by atoms with Gasteiger partial charge in [-0.05, 0) is 17.7 Å². The quantitative estimate of drug-likeness (QED) is 0.413. The Morgan fingerprint density at radius 3 is 2.71 bits per heavy atom. The van der Waals surface area contributed by atoms with Crippen LogP contribution in [0, 0.1) is 0 Å². The summed E-state index contributed by atoms with van der Waals surface area (Å²) in [5, 5.41) is 12.6. The van der Waals surface area contributed by atoms with Gasteiger partial charge in [-0.2, -0.15) is 4.98 Å². The average molecular weight is 410 g/mol. The lowest BCUT2D eigenvalue weighted by Gasteiger charge is -2.21. The summed E-state index contributed by atoms with van der Waals surface area (Å²) in [4.78, 5) is 25.1. The average Bonchev–Trinajstić information content (AvgIpc) is 2.67. The molecular formula is C17H23N4O6P. The van der Waals surface area contributed by atoms with Crippen LogP contribution in [0.2, 0.25) is 0 Å². The van der Waals surface area contributed by atoms with Crippen molar-refractivity contribution >= 4 is 19.8 Å². The van der Waals surface area contributed by atoms with Crippen LogP contribution in [0.4, 0.5) is 5.82 Å². The molecule has 0 aliphatic rings. The molecule has 2 rings (SSSR count). The number of aliphatic hydroxyl groups excluding tert-OH is 1. The van der Waals surface area contributed by atoms with Crippen LogP contribution in [-0.4, -0.2) is 45.5 Å². The zero-order chi connectivity index (χ0) is 20.6. The summed E-state index contributed by atoms with van der Waals surface area (Å²) in [7, 11) is -2.78. The van der Waals surface area contributed by atoms with Crippen LogP contribution in [0.5, 0.6) is 0 Å². The molecule has 0 amide bonds. The fourth-order valence-electron chi connectivity index (χ4n) is 2.16. The summed E-state index contributed by atoms with van der Waals surface area (Å²) in [5.74, 6) is 0.0834. The Labute approximate surface area is 161 Å². The molecule has 0 aliphatic heterocycles. The first-order chi connectivity index (χ1) is 13.3. The summed E-state index contributed by atoms with van der Waals surface area (Å²) in [6.45, 7) is -0.214. The Hall–Kier alpha value is -2.33. The van der Waals surface area contributed by atoms with Crippen molar-refractivity contribution in [1.82, 2.24) is 14.6 Å². The van der Waals surface area contributed by atoms with Crippen LogP contribution < -0.4 is 16.5 Å². The van der Waals surface area contributed by atoms with Crippen LogP contribution in [-0.2, 0) is 20.4 Å². The lowest BCUT2D eigenvalue weighted by Crippen LogP contribution is -2.32. The summed E-state index contributed by atoms with van der Waals surface area (Å²) < 4.78 is 23.3. The fraction of sp³-hybridized carbons (Fsp3) is 0.294. The largest absolute Gasteiger partial charge is 0.403 e. The van der Waals surface area contributed by atoms with Gasteiger partial charge in [0.15, 0.2) is 0 Å². The second-order valence-corrected chi connectivity index (χ2v) is 7.40. The van der Waals surface area contributed by atoms with Crippen molar-refractivity contribution < 1.29 is 23.8 Å². The maximum atomic E-state index is 12.1. The number of nitrogens with one attached hydrogen (secondary N) is 1. The van der Waals surface area contributed by atoms with E-state index in [-0.39, 0.29) is 19.0 Å². The van der Waals surface area contributed by atoms with Crippen LogP contribution >= 0.6 is 7.75 Å². The number of aliphatic hydroxyl groups is 1. The number of rotatable bonds is 10. The maximum absolute atomic E-state index is 12.1. The van der Waals surface area contributed by atoms with E-state index in [2.05, 4.69) is 10.1 Å². The second-order valence-electron chi connectivity index (χ2n) is 5.79. The summed E-state index contributed by atoms with van der Waals surface area (Å²) in [6, 6.07) is 10.5. The van der Waals surface area contributed by atoms with Gasteiger partial charge in [0.1, 0.15) is 18.0 Å². The molecule has 2 aromatic rings. The van der Waals surface area contributed by atoms with Crippen molar-refractivity contribution in [3.05, 3.63) is 64.7 Å². The van der Waals surface area contributed by atoms with Gasteiger partial charge >= 0.3 is 13.4 Å².